The molecule has 0 radical (unpaired) electrons. The number of anilines is 1. The Morgan fingerprint density at radius 3 is 2.12 bits per heavy atom. The lowest BCUT2D eigenvalue weighted by molar-refractivity contribution is 1.15. The summed E-state index contributed by atoms with van der Waals surface area (Å²) in [5, 5.41) is 3.38. The van der Waals surface area contributed by atoms with Gasteiger partial charge in [0.1, 0.15) is 0 Å². The van der Waals surface area contributed by atoms with Crippen LogP contribution in [0, 0.1) is 0 Å². The molecule has 0 saturated heterocycles. The first-order chi connectivity index (χ1) is 7.74. The van der Waals surface area contributed by atoms with Gasteiger partial charge in [0.25, 0.3) is 0 Å². The molecule has 0 amide bonds. The van der Waals surface area contributed by atoms with Gasteiger partial charge in [-0.25, -0.2) is 0 Å². The molecule has 0 aliphatic rings. The first-order valence-electron chi connectivity index (χ1n) is 4.98. The molecule has 2 aromatic rings. The lowest BCUT2D eigenvalue weighted by atomic mass is 10.2. The minimum Gasteiger partial charge on any atom is -0.381 e. The summed E-state index contributed by atoms with van der Waals surface area (Å²) in [6, 6.07) is 16.5. The highest BCUT2D eigenvalue weighted by Crippen LogP contribution is 2.23. The Kier molecular flexibility index (Phi) is 4.02. The van der Waals surface area contributed by atoms with Crippen molar-refractivity contribution >= 4 is 37.5 Å². The summed E-state index contributed by atoms with van der Waals surface area (Å²) < 4.78 is 2.13. The molecule has 0 atom stereocenters. The average molecular weight is 341 g/mol. The van der Waals surface area contributed by atoms with Crippen molar-refractivity contribution in [2.75, 3.05) is 5.32 Å². The van der Waals surface area contributed by atoms with Crippen LogP contribution in [0.5, 0.6) is 0 Å². The third kappa shape index (κ3) is 3.35. The van der Waals surface area contributed by atoms with E-state index in [9.17, 15) is 0 Å². The van der Waals surface area contributed by atoms with E-state index in [1.165, 1.54) is 5.56 Å². The van der Waals surface area contributed by atoms with Gasteiger partial charge >= 0.3 is 0 Å². The van der Waals surface area contributed by atoms with Crippen LogP contribution < -0.4 is 5.32 Å². The van der Waals surface area contributed by atoms with Gasteiger partial charge in [0.15, 0.2) is 0 Å². The van der Waals surface area contributed by atoms with Crippen LogP contribution in [0.15, 0.2) is 57.5 Å². The fraction of sp³-hybridized carbons (Fsp3) is 0.0769. The van der Waals surface area contributed by atoms with Crippen molar-refractivity contribution in [3.63, 3.8) is 0 Å². The molecule has 1 N–H and O–H groups in total. The van der Waals surface area contributed by atoms with E-state index < -0.39 is 0 Å². The van der Waals surface area contributed by atoms with E-state index in [0.717, 1.165) is 21.2 Å². The fourth-order valence-electron chi connectivity index (χ4n) is 1.46. The standard InChI is InChI=1S/C13H11Br2N/c14-11-6-12(15)8-13(7-11)16-9-10-4-2-1-3-5-10/h1-8,16H,9H2. The molecule has 0 aliphatic heterocycles. The number of nitrogens with one attached hydrogen (secondary N) is 1. The third-order valence-corrected chi connectivity index (χ3v) is 3.12. The summed E-state index contributed by atoms with van der Waals surface area (Å²) in [5.41, 5.74) is 2.38. The van der Waals surface area contributed by atoms with Crippen LogP contribution in [0.4, 0.5) is 5.69 Å². The zero-order valence-electron chi connectivity index (χ0n) is 8.58. The second kappa shape index (κ2) is 5.51. The summed E-state index contributed by atoms with van der Waals surface area (Å²) in [4.78, 5) is 0. The van der Waals surface area contributed by atoms with Gasteiger partial charge in [-0.1, -0.05) is 62.2 Å². The lowest BCUT2D eigenvalue weighted by Gasteiger charge is -2.07. The second-order valence-corrected chi connectivity index (χ2v) is 5.33. The van der Waals surface area contributed by atoms with Crippen LogP contribution >= 0.6 is 31.9 Å². The number of hydrogen-bond acceptors (Lipinski definition) is 1. The third-order valence-electron chi connectivity index (χ3n) is 2.20. The van der Waals surface area contributed by atoms with Crippen LogP contribution in [0.1, 0.15) is 5.56 Å². The van der Waals surface area contributed by atoms with E-state index in [2.05, 4.69) is 61.4 Å². The number of benzene rings is 2. The molecule has 0 unspecified atom stereocenters. The SMILES string of the molecule is Brc1cc(Br)cc(NCc2ccccc2)c1. The van der Waals surface area contributed by atoms with E-state index in [0.29, 0.717) is 0 Å². The molecule has 0 fully saturated rings. The number of rotatable bonds is 3. The topological polar surface area (TPSA) is 12.0 Å². The Balaban J connectivity index is 2.05. The predicted molar refractivity (Wildman–Crippen MR) is 75.6 cm³/mol. The molecule has 1 nitrogen and oxygen atoms in total. The molecule has 0 aliphatic carbocycles. The summed E-state index contributed by atoms with van der Waals surface area (Å²) in [7, 11) is 0. The van der Waals surface area contributed by atoms with E-state index in [-0.39, 0.29) is 0 Å². The normalized spacial score (nSPS) is 10.1. The second-order valence-electron chi connectivity index (χ2n) is 3.50. The highest BCUT2D eigenvalue weighted by atomic mass is 79.9. The summed E-state index contributed by atoms with van der Waals surface area (Å²) in [5.74, 6) is 0. The largest absolute Gasteiger partial charge is 0.381 e. The highest BCUT2D eigenvalue weighted by Gasteiger charge is 1.97. The van der Waals surface area contributed by atoms with E-state index >= 15 is 0 Å². The maximum Gasteiger partial charge on any atom is 0.0400 e. The lowest BCUT2D eigenvalue weighted by Crippen LogP contribution is -1.98. The zero-order valence-corrected chi connectivity index (χ0v) is 11.8. The van der Waals surface area contributed by atoms with Gasteiger partial charge in [-0.3, -0.25) is 0 Å². The Bertz CT molecular complexity index is 448. The van der Waals surface area contributed by atoms with Gasteiger partial charge in [0, 0.05) is 21.2 Å². The average Bonchev–Trinajstić information content (AvgIpc) is 2.27. The molecule has 2 aromatic carbocycles. The molecular weight excluding hydrogens is 330 g/mol. The van der Waals surface area contributed by atoms with Crippen LogP contribution in [0.25, 0.3) is 0 Å². The van der Waals surface area contributed by atoms with Crippen molar-refractivity contribution in [3.05, 3.63) is 63.0 Å². The monoisotopic (exact) mass is 339 g/mol. The summed E-state index contributed by atoms with van der Waals surface area (Å²) in [6.45, 7) is 0.837. The van der Waals surface area contributed by atoms with Crippen molar-refractivity contribution in [2.24, 2.45) is 0 Å². The number of halogens is 2. The van der Waals surface area contributed by atoms with Gasteiger partial charge in [-0.2, -0.15) is 0 Å². The summed E-state index contributed by atoms with van der Waals surface area (Å²) in [6.07, 6.45) is 0. The molecule has 16 heavy (non-hydrogen) atoms. The van der Waals surface area contributed by atoms with Crippen molar-refractivity contribution in [1.29, 1.82) is 0 Å². The van der Waals surface area contributed by atoms with Crippen LogP contribution in [0.3, 0.4) is 0 Å². The molecule has 0 aromatic heterocycles. The molecular formula is C13H11Br2N. The minimum atomic E-state index is 0.837. The zero-order chi connectivity index (χ0) is 11.4. The van der Waals surface area contributed by atoms with Crippen molar-refractivity contribution in [1.82, 2.24) is 0 Å². The molecule has 0 spiro atoms. The Morgan fingerprint density at radius 1 is 0.875 bits per heavy atom. The maximum absolute atomic E-state index is 3.47. The van der Waals surface area contributed by atoms with Gasteiger partial charge in [0.2, 0.25) is 0 Å². The maximum atomic E-state index is 3.47. The van der Waals surface area contributed by atoms with E-state index in [1.54, 1.807) is 0 Å². The fourth-order valence-corrected chi connectivity index (χ4v) is 2.75. The minimum absolute atomic E-state index is 0.837. The first-order valence-corrected chi connectivity index (χ1v) is 6.56. The van der Waals surface area contributed by atoms with Crippen LogP contribution in [0.2, 0.25) is 0 Å². The van der Waals surface area contributed by atoms with Crippen LogP contribution in [-0.2, 0) is 6.54 Å². The smallest absolute Gasteiger partial charge is 0.0400 e. The molecule has 2 rings (SSSR count). The Labute approximate surface area is 112 Å². The van der Waals surface area contributed by atoms with Crippen molar-refractivity contribution in [2.45, 2.75) is 6.54 Å². The van der Waals surface area contributed by atoms with Gasteiger partial charge in [-0.15, -0.1) is 0 Å². The Hall–Kier alpha value is -0.800. The molecule has 3 heteroatoms. The van der Waals surface area contributed by atoms with Gasteiger partial charge < -0.3 is 5.32 Å². The van der Waals surface area contributed by atoms with Gasteiger partial charge in [0.05, 0.1) is 0 Å². The van der Waals surface area contributed by atoms with Crippen molar-refractivity contribution in [3.8, 4) is 0 Å². The highest BCUT2D eigenvalue weighted by molar-refractivity contribution is 9.11. The molecule has 0 bridgehead atoms. The molecule has 82 valence electrons. The first kappa shape index (κ1) is 11.7. The van der Waals surface area contributed by atoms with E-state index in [1.807, 2.05) is 24.3 Å². The molecule has 0 heterocycles. The molecule has 0 saturated carbocycles. The van der Waals surface area contributed by atoms with Crippen LogP contribution in [-0.4, -0.2) is 0 Å². The number of hydrogen-bond donors (Lipinski definition) is 1. The quantitative estimate of drug-likeness (QED) is 0.844. The Morgan fingerprint density at radius 2 is 1.50 bits per heavy atom. The van der Waals surface area contributed by atoms with Gasteiger partial charge in [-0.05, 0) is 23.8 Å². The summed E-state index contributed by atoms with van der Waals surface area (Å²) >= 11 is 6.94. The van der Waals surface area contributed by atoms with E-state index in [4.69, 9.17) is 0 Å². The predicted octanol–water partition coefficient (Wildman–Crippen LogP) is 4.82. The van der Waals surface area contributed by atoms with Crippen molar-refractivity contribution < 1.29 is 0 Å².